The van der Waals surface area contributed by atoms with Gasteiger partial charge in [-0.25, -0.2) is 0 Å². The molecule has 0 N–H and O–H groups in total. The maximum atomic E-state index is 5.88. The van der Waals surface area contributed by atoms with Crippen LogP contribution in [0.4, 0.5) is 0 Å². The summed E-state index contributed by atoms with van der Waals surface area (Å²) in [5.74, 6) is 0. The molecule has 1 nitrogen and oxygen atoms in total. The summed E-state index contributed by atoms with van der Waals surface area (Å²) in [6.07, 6.45) is 7.81. The van der Waals surface area contributed by atoms with Gasteiger partial charge in [-0.3, -0.25) is 0 Å². The van der Waals surface area contributed by atoms with E-state index in [-0.39, 0.29) is 0 Å². The van der Waals surface area contributed by atoms with Crippen LogP contribution in [0.5, 0.6) is 0 Å². The summed E-state index contributed by atoms with van der Waals surface area (Å²) in [5, 5.41) is 0. The van der Waals surface area contributed by atoms with Gasteiger partial charge in [-0.05, 0) is 24.8 Å². The van der Waals surface area contributed by atoms with Crippen molar-refractivity contribution in [2.45, 2.75) is 32.0 Å². The van der Waals surface area contributed by atoms with E-state index in [0.717, 1.165) is 25.9 Å². The van der Waals surface area contributed by atoms with Gasteiger partial charge >= 0.3 is 0 Å². The molecular weight excluding hydrogens is 196 g/mol. The van der Waals surface area contributed by atoms with E-state index in [0.29, 0.717) is 6.10 Å². The molecule has 0 heterocycles. The van der Waals surface area contributed by atoms with E-state index in [1.54, 1.807) is 0 Å². The Morgan fingerprint density at radius 2 is 2.12 bits per heavy atom. The van der Waals surface area contributed by atoms with Gasteiger partial charge < -0.3 is 4.74 Å². The van der Waals surface area contributed by atoms with Gasteiger partial charge in [-0.2, -0.15) is 0 Å². The largest absolute Gasteiger partial charge is 0.373 e. The standard InChI is InChI=1S/C15H18O/c1-2-13-8-10-15(11-9-13)16-12-14-6-4-3-5-7-14/h2-8,15H,1,9-12H2. The highest BCUT2D eigenvalue weighted by molar-refractivity contribution is 5.19. The first kappa shape index (κ1) is 11.2. The minimum absolute atomic E-state index is 0.379. The molecule has 1 unspecified atom stereocenters. The molecule has 0 spiro atoms. The van der Waals surface area contributed by atoms with Gasteiger partial charge in [-0.1, -0.05) is 54.6 Å². The number of ether oxygens (including phenoxy) is 1. The lowest BCUT2D eigenvalue weighted by Gasteiger charge is -2.21. The summed E-state index contributed by atoms with van der Waals surface area (Å²) in [4.78, 5) is 0. The number of allylic oxidation sites excluding steroid dienone is 2. The summed E-state index contributed by atoms with van der Waals surface area (Å²) in [7, 11) is 0. The molecule has 1 aliphatic rings. The molecule has 0 saturated carbocycles. The topological polar surface area (TPSA) is 9.23 Å². The zero-order valence-corrected chi connectivity index (χ0v) is 9.56. The highest BCUT2D eigenvalue weighted by Gasteiger charge is 2.13. The van der Waals surface area contributed by atoms with Crippen molar-refractivity contribution in [3.05, 3.63) is 60.2 Å². The Labute approximate surface area is 97.4 Å². The quantitative estimate of drug-likeness (QED) is 0.739. The van der Waals surface area contributed by atoms with Crippen LogP contribution in [0.3, 0.4) is 0 Å². The monoisotopic (exact) mass is 214 g/mol. The van der Waals surface area contributed by atoms with Gasteiger partial charge in [0.1, 0.15) is 0 Å². The molecule has 16 heavy (non-hydrogen) atoms. The van der Waals surface area contributed by atoms with Crippen LogP contribution in [-0.2, 0) is 11.3 Å². The van der Waals surface area contributed by atoms with E-state index < -0.39 is 0 Å². The zero-order chi connectivity index (χ0) is 11.2. The Morgan fingerprint density at radius 3 is 2.75 bits per heavy atom. The number of benzene rings is 1. The van der Waals surface area contributed by atoms with Crippen LogP contribution in [0.2, 0.25) is 0 Å². The molecule has 0 bridgehead atoms. The first-order valence-corrected chi connectivity index (χ1v) is 5.85. The second-order valence-corrected chi connectivity index (χ2v) is 4.18. The minimum atomic E-state index is 0.379. The van der Waals surface area contributed by atoms with E-state index >= 15 is 0 Å². The third-order valence-electron chi connectivity index (χ3n) is 2.99. The van der Waals surface area contributed by atoms with Crippen molar-refractivity contribution in [1.29, 1.82) is 0 Å². The molecule has 1 atom stereocenters. The predicted octanol–water partition coefficient (Wildman–Crippen LogP) is 3.87. The van der Waals surface area contributed by atoms with Gasteiger partial charge in [0.15, 0.2) is 0 Å². The van der Waals surface area contributed by atoms with E-state index in [4.69, 9.17) is 4.74 Å². The molecule has 0 saturated heterocycles. The highest BCUT2D eigenvalue weighted by Crippen LogP contribution is 2.21. The zero-order valence-electron chi connectivity index (χ0n) is 9.56. The van der Waals surface area contributed by atoms with Crippen molar-refractivity contribution < 1.29 is 4.74 Å². The minimum Gasteiger partial charge on any atom is -0.373 e. The maximum absolute atomic E-state index is 5.88. The van der Waals surface area contributed by atoms with Crippen LogP contribution in [0, 0.1) is 0 Å². The molecule has 0 fully saturated rings. The number of rotatable bonds is 4. The fourth-order valence-electron chi connectivity index (χ4n) is 1.96. The van der Waals surface area contributed by atoms with Crippen LogP contribution >= 0.6 is 0 Å². The van der Waals surface area contributed by atoms with E-state index in [2.05, 4.69) is 36.9 Å². The van der Waals surface area contributed by atoms with E-state index in [1.165, 1.54) is 11.1 Å². The van der Waals surface area contributed by atoms with Gasteiger partial charge in [0.2, 0.25) is 0 Å². The maximum Gasteiger partial charge on any atom is 0.0720 e. The van der Waals surface area contributed by atoms with Crippen LogP contribution < -0.4 is 0 Å². The van der Waals surface area contributed by atoms with E-state index in [1.807, 2.05) is 12.1 Å². The van der Waals surface area contributed by atoms with Crippen LogP contribution in [0.15, 0.2) is 54.6 Å². The Morgan fingerprint density at radius 1 is 1.31 bits per heavy atom. The molecule has 1 aromatic rings. The smallest absolute Gasteiger partial charge is 0.0720 e. The lowest BCUT2D eigenvalue weighted by Crippen LogP contribution is -2.15. The van der Waals surface area contributed by atoms with Gasteiger partial charge in [0.25, 0.3) is 0 Å². The molecule has 1 aromatic carbocycles. The fraction of sp³-hybridized carbons (Fsp3) is 0.333. The van der Waals surface area contributed by atoms with Crippen LogP contribution in [-0.4, -0.2) is 6.10 Å². The lowest BCUT2D eigenvalue weighted by atomic mass is 9.97. The Bertz CT molecular complexity index is 364. The Hall–Kier alpha value is -1.34. The van der Waals surface area contributed by atoms with Gasteiger partial charge in [-0.15, -0.1) is 0 Å². The average Bonchev–Trinajstić information content (AvgIpc) is 2.38. The third-order valence-corrected chi connectivity index (χ3v) is 2.99. The van der Waals surface area contributed by atoms with Gasteiger partial charge in [0.05, 0.1) is 12.7 Å². The molecular formula is C15H18O. The highest BCUT2D eigenvalue weighted by atomic mass is 16.5. The van der Waals surface area contributed by atoms with Crippen molar-refractivity contribution >= 4 is 0 Å². The summed E-state index contributed by atoms with van der Waals surface area (Å²) in [5.41, 5.74) is 2.61. The second kappa shape index (κ2) is 5.66. The van der Waals surface area contributed by atoms with Crippen molar-refractivity contribution in [1.82, 2.24) is 0 Å². The lowest BCUT2D eigenvalue weighted by molar-refractivity contribution is 0.0345. The second-order valence-electron chi connectivity index (χ2n) is 4.18. The van der Waals surface area contributed by atoms with Crippen molar-refractivity contribution in [2.24, 2.45) is 0 Å². The average molecular weight is 214 g/mol. The summed E-state index contributed by atoms with van der Waals surface area (Å²) >= 11 is 0. The SMILES string of the molecule is C=CC1=CCC(OCc2ccccc2)CC1. The first-order valence-electron chi connectivity index (χ1n) is 5.85. The Balaban J connectivity index is 1.80. The van der Waals surface area contributed by atoms with Crippen molar-refractivity contribution in [3.63, 3.8) is 0 Å². The van der Waals surface area contributed by atoms with Crippen LogP contribution in [0.1, 0.15) is 24.8 Å². The molecule has 2 rings (SSSR count). The fourth-order valence-corrected chi connectivity index (χ4v) is 1.96. The number of hydrogen-bond donors (Lipinski definition) is 0. The molecule has 0 amide bonds. The number of hydrogen-bond acceptors (Lipinski definition) is 1. The van der Waals surface area contributed by atoms with Crippen molar-refractivity contribution in [3.8, 4) is 0 Å². The molecule has 0 radical (unpaired) electrons. The third kappa shape index (κ3) is 3.07. The molecule has 84 valence electrons. The first-order chi connectivity index (χ1) is 7.88. The summed E-state index contributed by atoms with van der Waals surface area (Å²) < 4.78 is 5.88. The molecule has 0 aromatic heterocycles. The Kier molecular flexibility index (Phi) is 3.95. The molecule has 1 heteroatoms. The van der Waals surface area contributed by atoms with E-state index in [9.17, 15) is 0 Å². The van der Waals surface area contributed by atoms with Crippen molar-refractivity contribution in [2.75, 3.05) is 0 Å². The van der Waals surface area contributed by atoms with Gasteiger partial charge in [0, 0.05) is 0 Å². The van der Waals surface area contributed by atoms with Crippen LogP contribution in [0.25, 0.3) is 0 Å². The summed E-state index contributed by atoms with van der Waals surface area (Å²) in [6, 6.07) is 10.3. The summed E-state index contributed by atoms with van der Waals surface area (Å²) in [6.45, 7) is 4.52. The molecule has 1 aliphatic carbocycles. The predicted molar refractivity (Wildman–Crippen MR) is 67.2 cm³/mol. The normalized spacial score (nSPS) is 20.2. The molecule has 0 aliphatic heterocycles.